The van der Waals surface area contributed by atoms with E-state index >= 15 is 0 Å². The maximum absolute atomic E-state index is 12.0. The largest absolute Gasteiger partial charge is 0.404 e. The van der Waals surface area contributed by atoms with Gasteiger partial charge in [0.1, 0.15) is 5.69 Å². The summed E-state index contributed by atoms with van der Waals surface area (Å²) in [4.78, 5) is 20.2. The van der Waals surface area contributed by atoms with E-state index in [0.717, 1.165) is 23.1 Å². The number of carbonyl (C=O) groups is 1. The third-order valence-electron chi connectivity index (χ3n) is 4.28. The number of carbonyl (C=O) groups excluding carboxylic acids is 1. The lowest BCUT2D eigenvalue weighted by Gasteiger charge is -2.04. The summed E-state index contributed by atoms with van der Waals surface area (Å²) in [5.41, 5.74) is 8.85. The second kappa shape index (κ2) is 10.2. The number of hydrogen-bond donors (Lipinski definition) is 2. The average Bonchev–Trinajstić information content (AvgIpc) is 3.36. The number of nitrogens with zero attached hydrogens (tertiary/aromatic N) is 4. The highest BCUT2D eigenvalue weighted by atomic mass is 19.1. The molecule has 1 aromatic carbocycles. The molecule has 0 bridgehead atoms. The summed E-state index contributed by atoms with van der Waals surface area (Å²) in [5.74, 6) is 0.446. The zero-order chi connectivity index (χ0) is 21.4. The lowest BCUT2D eigenvalue weighted by atomic mass is 10.1. The second-order valence-corrected chi connectivity index (χ2v) is 5.99. The van der Waals surface area contributed by atoms with Gasteiger partial charge in [-0.1, -0.05) is 17.3 Å². The van der Waals surface area contributed by atoms with Crippen molar-refractivity contribution >= 4 is 23.0 Å². The van der Waals surface area contributed by atoms with Crippen LogP contribution in [0.5, 0.6) is 0 Å². The Labute approximate surface area is 168 Å². The Hall–Kier alpha value is -3.49. The minimum absolute atomic E-state index is 0.128. The highest BCUT2D eigenvalue weighted by Gasteiger charge is 2.17. The molecule has 0 atom stereocenters. The van der Waals surface area contributed by atoms with Crippen LogP contribution in [0.1, 0.15) is 18.3 Å². The Balaban J connectivity index is 0.00000145. The third kappa shape index (κ3) is 4.68. The number of alkyl halides is 1. The fraction of sp³-hybridized carbons (Fsp3) is 0.300. The van der Waals surface area contributed by atoms with Crippen molar-refractivity contribution in [2.24, 2.45) is 10.7 Å². The molecule has 1 amide bonds. The average molecular weight is 400 g/mol. The van der Waals surface area contributed by atoms with Gasteiger partial charge in [0, 0.05) is 36.9 Å². The summed E-state index contributed by atoms with van der Waals surface area (Å²) >= 11 is 0. The lowest BCUT2D eigenvalue weighted by molar-refractivity contribution is -0.117. The van der Waals surface area contributed by atoms with E-state index in [2.05, 4.69) is 57.1 Å². The summed E-state index contributed by atoms with van der Waals surface area (Å²) in [6, 6.07) is 8.23. The van der Waals surface area contributed by atoms with Gasteiger partial charge in [-0.05, 0) is 31.5 Å². The summed E-state index contributed by atoms with van der Waals surface area (Å²) < 4.78 is 17.1. The minimum atomic E-state index is -0.354. The van der Waals surface area contributed by atoms with Crippen LogP contribution in [0.3, 0.4) is 0 Å². The predicted molar refractivity (Wildman–Crippen MR) is 111 cm³/mol. The van der Waals surface area contributed by atoms with Gasteiger partial charge in [0.05, 0.1) is 19.3 Å². The number of halogens is 1. The molecule has 8 nitrogen and oxygen atoms in total. The van der Waals surface area contributed by atoms with Crippen molar-refractivity contribution in [1.82, 2.24) is 20.0 Å². The number of rotatable bonds is 6. The standard InChI is InChI=1S/C19H22N6O2.CH3F/c1-4-25-15-7-5-6-12(2)14(15)8-16(25)19-23-17(24-27-19)11-22-18(26)13(9-20)10-21-3;1-2/h5-10H,4,11,20H2,1-3H3,(H,22,26);1H3/b13-9+,21-10?;. The van der Waals surface area contributed by atoms with E-state index in [1.165, 1.54) is 18.0 Å². The van der Waals surface area contributed by atoms with Crippen LogP contribution in [0.4, 0.5) is 4.39 Å². The van der Waals surface area contributed by atoms with Gasteiger partial charge in [0.25, 0.3) is 11.8 Å². The third-order valence-corrected chi connectivity index (χ3v) is 4.28. The van der Waals surface area contributed by atoms with Gasteiger partial charge in [-0.25, -0.2) is 0 Å². The van der Waals surface area contributed by atoms with E-state index in [-0.39, 0.29) is 18.0 Å². The number of fused-ring (bicyclic) bond motifs is 1. The van der Waals surface area contributed by atoms with Crippen LogP contribution in [-0.2, 0) is 17.9 Å². The van der Waals surface area contributed by atoms with Crippen molar-refractivity contribution in [2.45, 2.75) is 26.9 Å². The number of aliphatic imine (C=N–C) groups is 1. The Morgan fingerprint density at radius 1 is 1.41 bits per heavy atom. The molecule has 0 aliphatic rings. The molecule has 0 unspecified atom stereocenters. The molecule has 3 N–H and O–H groups in total. The van der Waals surface area contributed by atoms with Crippen LogP contribution in [0.15, 0.2) is 45.6 Å². The zero-order valence-electron chi connectivity index (χ0n) is 16.9. The molecule has 3 rings (SSSR count). The normalized spacial score (nSPS) is 11.6. The van der Waals surface area contributed by atoms with Crippen molar-refractivity contribution in [3.63, 3.8) is 0 Å². The number of hydrogen-bond acceptors (Lipinski definition) is 6. The highest BCUT2D eigenvalue weighted by molar-refractivity contribution is 6.11. The topological polar surface area (TPSA) is 111 Å². The van der Waals surface area contributed by atoms with Crippen LogP contribution in [-0.4, -0.2) is 41.1 Å². The van der Waals surface area contributed by atoms with E-state index in [9.17, 15) is 9.18 Å². The summed E-state index contributed by atoms with van der Waals surface area (Å²) in [6.45, 7) is 5.04. The molecule has 29 heavy (non-hydrogen) atoms. The molecule has 0 fully saturated rings. The molecule has 0 saturated heterocycles. The maximum atomic E-state index is 12.0. The summed E-state index contributed by atoms with van der Waals surface area (Å²) in [5, 5.41) is 7.81. The lowest BCUT2D eigenvalue weighted by Crippen LogP contribution is -2.26. The Morgan fingerprint density at radius 3 is 2.83 bits per heavy atom. The number of aromatic nitrogens is 3. The van der Waals surface area contributed by atoms with Gasteiger partial charge in [-0.3, -0.25) is 14.2 Å². The molecule has 2 heterocycles. The van der Waals surface area contributed by atoms with Crippen LogP contribution in [0.25, 0.3) is 22.5 Å². The van der Waals surface area contributed by atoms with E-state index in [1.54, 1.807) is 7.05 Å². The Kier molecular flexibility index (Phi) is 7.64. The summed E-state index contributed by atoms with van der Waals surface area (Å²) in [7, 11) is 2.07. The molecular formula is C20H25FN6O2. The van der Waals surface area contributed by atoms with Gasteiger partial charge >= 0.3 is 0 Å². The van der Waals surface area contributed by atoms with Crippen LogP contribution >= 0.6 is 0 Å². The van der Waals surface area contributed by atoms with Gasteiger partial charge < -0.3 is 20.1 Å². The SMILES string of the molecule is CCn1c(-c2nc(CNC(=O)/C(C=NC)=C/N)no2)cc2c(C)cccc21.CF. The smallest absolute Gasteiger partial charge is 0.274 e. The van der Waals surface area contributed by atoms with E-state index < -0.39 is 0 Å². The predicted octanol–water partition coefficient (Wildman–Crippen LogP) is 2.76. The number of amides is 1. The molecular weight excluding hydrogens is 375 g/mol. The van der Waals surface area contributed by atoms with Gasteiger partial charge in [0.2, 0.25) is 0 Å². The maximum Gasteiger partial charge on any atom is 0.274 e. The Morgan fingerprint density at radius 2 is 2.17 bits per heavy atom. The fourth-order valence-corrected chi connectivity index (χ4v) is 2.96. The zero-order valence-corrected chi connectivity index (χ0v) is 16.9. The quantitative estimate of drug-likeness (QED) is 0.488. The molecule has 0 aliphatic heterocycles. The molecule has 0 saturated carbocycles. The molecule has 0 radical (unpaired) electrons. The van der Waals surface area contributed by atoms with Crippen molar-refractivity contribution in [3.05, 3.63) is 47.4 Å². The molecule has 3 aromatic rings. The number of aryl methyl sites for hydroxylation is 2. The first kappa shape index (κ1) is 21.8. The van der Waals surface area contributed by atoms with E-state index in [4.69, 9.17) is 10.3 Å². The molecule has 2 aromatic heterocycles. The number of nitrogens with two attached hydrogens (primary N) is 1. The van der Waals surface area contributed by atoms with Crippen molar-refractivity contribution < 1.29 is 13.7 Å². The first-order valence-electron chi connectivity index (χ1n) is 9.00. The van der Waals surface area contributed by atoms with E-state index in [1.807, 2.05) is 6.07 Å². The van der Waals surface area contributed by atoms with Gasteiger partial charge in [-0.2, -0.15) is 4.98 Å². The van der Waals surface area contributed by atoms with Crippen molar-refractivity contribution in [2.75, 3.05) is 14.2 Å². The molecule has 0 spiro atoms. The van der Waals surface area contributed by atoms with Crippen LogP contribution in [0, 0.1) is 6.92 Å². The summed E-state index contributed by atoms with van der Waals surface area (Å²) in [6.07, 6.45) is 2.59. The highest BCUT2D eigenvalue weighted by Crippen LogP contribution is 2.29. The first-order chi connectivity index (χ1) is 14.1. The Bertz CT molecular complexity index is 1030. The van der Waals surface area contributed by atoms with Crippen molar-refractivity contribution in [1.29, 1.82) is 0 Å². The van der Waals surface area contributed by atoms with E-state index in [0.29, 0.717) is 18.9 Å². The number of nitrogens with one attached hydrogen (secondary N) is 1. The van der Waals surface area contributed by atoms with Crippen LogP contribution < -0.4 is 11.1 Å². The molecule has 154 valence electrons. The molecule has 0 aliphatic carbocycles. The molecule has 9 heteroatoms. The second-order valence-electron chi connectivity index (χ2n) is 5.99. The van der Waals surface area contributed by atoms with Gasteiger partial charge in [0.15, 0.2) is 5.82 Å². The first-order valence-corrected chi connectivity index (χ1v) is 9.00. The fourth-order valence-electron chi connectivity index (χ4n) is 2.96. The van der Waals surface area contributed by atoms with Crippen molar-refractivity contribution in [3.8, 4) is 11.6 Å². The van der Waals surface area contributed by atoms with Gasteiger partial charge in [-0.15, -0.1) is 0 Å². The monoisotopic (exact) mass is 400 g/mol. The minimum Gasteiger partial charge on any atom is -0.404 e. The van der Waals surface area contributed by atoms with Crippen LogP contribution in [0.2, 0.25) is 0 Å². The number of benzene rings is 1.